The molecule has 1 aromatic rings. The van der Waals surface area contributed by atoms with Gasteiger partial charge in [-0.1, -0.05) is 51.3 Å². The molecule has 0 radical (unpaired) electrons. The van der Waals surface area contributed by atoms with Crippen LogP contribution in [0.5, 0.6) is 0 Å². The molecule has 0 aromatic heterocycles. The van der Waals surface area contributed by atoms with Crippen LogP contribution < -0.4 is 10.2 Å². The summed E-state index contributed by atoms with van der Waals surface area (Å²) in [6, 6.07) is 8.38. The van der Waals surface area contributed by atoms with Crippen molar-refractivity contribution < 1.29 is 9.53 Å². The molecule has 1 unspecified atom stereocenters. The molecule has 0 aliphatic carbocycles. The molecule has 0 bridgehead atoms. The second-order valence-corrected chi connectivity index (χ2v) is 7.19. The molecule has 0 spiro atoms. The van der Waals surface area contributed by atoms with E-state index >= 15 is 0 Å². The molecule has 1 saturated heterocycles. The molecule has 1 aliphatic rings. The summed E-state index contributed by atoms with van der Waals surface area (Å²) in [6.07, 6.45) is 4.75. The number of nitrogens with one attached hydrogen (secondary N) is 1. The van der Waals surface area contributed by atoms with Gasteiger partial charge in [0.15, 0.2) is 0 Å². The van der Waals surface area contributed by atoms with Gasteiger partial charge in [-0.15, -0.1) is 0 Å². The van der Waals surface area contributed by atoms with Gasteiger partial charge in [0.2, 0.25) is 0 Å². The molecule has 1 N–H and O–H groups in total. The third-order valence-electron chi connectivity index (χ3n) is 5.18. The van der Waals surface area contributed by atoms with E-state index in [0.29, 0.717) is 12.5 Å². The lowest BCUT2D eigenvalue weighted by Crippen LogP contribution is -2.40. The van der Waals surface area contributed by atoms with Crippen molar-refractivity contribution in [2.45, 2.75) is 46.1 Å². The predicted molar refractivity (Wildman–Crippen MR) is 108 cm³/mol. The fourth-order valence-corrected chi connectivity index (χ4v) is 3.39. The summed E-state index contributed by atoms with van der Waals surface area (Å²) in [6.45, 7) is 9.14. The van der Waals surface area contributed by atoms with Crippen LogP contribution in [-0.2, 0) is 11.3 Å². The van der Waals surface area contributed by atoms with Crippen molar-refractivity contribution in [3.63, 3.8) is 0 Å². The van der Waals surface area contributed by atoms with E-state index in [9.17, 15) is 4.79 Å². The number of urea groups is 1. The van der Waals surface area contributed by atoms with E-state index in [0.717, 1.165) is 39.3 Å². The van der Waals surface area contributed by atoms with E-state index in [2.05, 4.69) is 42.3 Å². The van der Waals surface area contributed by atoms with Crippen LogP contribution in [0.1, 0.15) is 45.1 Å². The van der Waals surface area contributed by atoms with Crippen molar-refractivity contribution in [2.24, 2.45) is 5.92 Å². The summed E-state index contributed by atoms with van der Waals surface area (Å²) in [4.78, 5) is 16.6. The first-order chi connectivity index (χ1) is 12.7. The minimum Gasteiger partial charge on any atom is -0.378 e. The normalized spacial score (nSPS) is 15.6. The second kappa shape index (κ2) is 11.1. The first-order valence-electron chi connectivity index (χ1n) is 10.0. The number of hydrogen-bond acceptors (Lipinski definition) is 3. The molecule has 146 valence electrons. The minimum absolute atomic E-state index is 0.0109. The first-order valence-corrected chi connectivity index (χ1v) is 10.0. The number of unbranched alkanes of at least 4 members (excludes halogenated alkanes) is 1. The standard InChI is InChI=1S/C21H35N3O2/c1-4-6-9-18(5-2)16-22-21(25)23(3)17-19-10-7-8-11-20(19)24-12-14-26-15-13-24/h7-8,10-11,18H,4-6,9,12-17H2,1-3H3,(H,22,25). The number of anilines is 1. The Kier molecular flexibility index (Phi) is 8.75. The Bertz CT molecular complexity index is 544. The highest BCUT2D eigenvalue weighted by Gasteiger charge is 2.17. The third-order valence-corrected chi connectivity index (χ3v) is 5.18. The average molecular weight is 362 g/mol. The van der Waals surface area contributed by atoms with E-state index in [1.54, 1.807) is 4.90 Å². The summed E-state index contributed by atoms with van der Waals surface area (Å²) in [5.41, 5.74) is 2.40. The molecule has 5 heteroatoms. The summed E-state index contributed by atoms with van der Waals surface area (Å²) < 4.78 is 5.46. The minimum atomic E-state index is 0.0109. The van der Waals surface area contributed by atoms with E-state index in [4.69, 9.17) is 4.74 Å². The fourth-order valence-electron chi connectivity index (χ4n) is 3.39. The maximum Gasteiger partial charge on any atom is 0.317 e. The van der Waals surface area contributed by atoms with E-state index < -0.39 is 0 Å². The Morgan fingerprint density at radius 1 is 1.27 bits per heavy atom. The van der Waals surface area contributed by atoms with Gasteiger partial charge in [0.1, 0.15) is 0 Å². The number of amides is 2. The molecule has 1 atom stereocenters. The number of para-hydroxylation sites is 1. The monoisotopic (exact) mass is 361 g/mol. The van der Waals surface area contributed by atoms with Crippen LogP contribution in [0.25, 0.3) is 0 Å². The Morgan fingerprint density at radius 3 is 2.69 bits per heavy atom. The Labute approximate surface area is 158 Å². The smallest absolute Gasteiger partial charge is 0.317 e. The SMILES string of the molecule is CCCCC(CC)CNC(=O)N(C)Cc1ccccc1N1CCOCC1. The number of hydrogen-bond donors (Lipinski definition) is 1. The zero-order chi connectivity index (χ0) is 18.8. The highest BCUT2D eigenvalue weighted by atomic mass is 16.5. The number of benzene rings is 1. The number of morpholine rings is 1. The van der Waals surface area contributed by atoms with Gasteiger partial charge < -0.3 is 19.9 Å². The van der Waals surface area contributed by atoms with Crippen molar-refractivity contribution in [1.29, 1.82) is 0 Å². The van der Waals surface area contributed by atoms with Crippen molar-refractivity contribution in [2.75, 3.05) is 44.8 Å². The molecular weight excluding hydrogens is 326 g/mol. The van der Waals surface area contributed by atoms with Gasteiger partial charge in [-0.05, 0) is 24.0 Å². The Morgan fingerprint density at radius 2 is 2.00 bits per heavy atom. The fraction of sp³-hybridized carbons (Fsp3) is 0.667. The maximum atomic E-state index is 12.5. The largest absolute Gasteiger partial charge is 0.378 e. The molecule has 2 amide bonds. The maximum absolute atomic E-state index is 12.5. The highest BCUT2D eigenvalue weighted by molar-refractivity contribution is 5.74. The van der Waals surface area contributed by atoms with Gasteiger partial charge in [0, 0.05) is 38.9 Å². The highest BCUT2D eigenvalue weighted by Crippen LogP contribution is 2.22. The van der Waals surface area contributed by atoms with Crippen LogP contribution in [0.15, 0.2) is 24.3 Å². The lowest BCUT2D eigenvalue weighted by atomic mass is 9.99. The predicted octanol–water partition coefficient (Wildman–Crippen LogP) is 3.88. The molecule has 0 saturated carbocycles. The average Bonchev–Trinajstić information content (AvgIpc) is 2.69. The van der Waals surface area contributed by atoms with Crippen LogP contribution >= 0.6 is 0 Å². The summed E-state index contributed by atoms with van der Waals surface area (Å²) in [5, 5.41) is 3.11. The summed E-state index contributed by atoms with van der Waals surface area (Å²) in [7, 11) is 1.87. The quantitative estimate of drug-likeness (QED) is 0.726. The van der Waals surface area contributed by atoms with Gasteiger partial charge in [-0.2, -0.15) is 0 Å². The van der Waals surface area contributed by atoms with Crippen molar-refractivity contribution >= 4 is 11.7 Å². The zero-order valence-electron chi connectivity index (χ0n) is 16.7. The van der Waals surface area contributed by atoms with Crippen LogP contribution in [0.4, 0.5) is 10.5 Å². The third kappa shape index (κ3) is 6.20. The lowest BCUT2D eigenvalue weighted by Gasteiger charge is -2.31. The molecule has 1 fully saturated rings. The molecular formula is C21H35N3O2. The summed E-state index contributed by atoms with van der Waals surface area (Å²) >= 11 is 0. The van der Waals surface area contributed by atoms with E-state index in [-0.39, 0.29) is 6.03 Å². The number of nitrogens with zero attached hydrogens (tertiary/aromatic N) is 2. The van der Waals surface area contributed by atoms with Gasteiger partial charge >= 0.3 is 6.03 Å². The van der Waals surface area contributed by atoms with Crippen molar-refractivity contribution in [3.05, 3.63) is 29.8 Å². The van der Waals surface area contributed by atoms with E-state index in [1.807, 2.05) is 13.1 Å². The Balaban J connectivity index is 1.90. The molecule has 26 heavy (non-hydrogen) atoms. The molecule has 1 aromatic carbocycles. The van der Waals surface area contributed by atoms with E-state index in [1.165, 1.54) is 30.5 Å². The van der Waals surface area contributed by atoms with Crippen molar-refractivity contribution in [3.8, 4) is 0 Å². The number of carbonyl (C=O) groups is 1. The summed E-state index contributed by atoms with van der Waals surface area (Å²) in [5.74, 6) is 0.577. The van der Waals surface area contributed by atoms with Crippen LogP contribution in [0, 0.1) is 5.92 Å². The zero-order valence-corrected chi connectivity index (χ0v) is 16.7. The molecule has 2 rings (SSSR count). The topological polar surface area (TPSA) is 44.8 Å². The second-order valence-electron chi connectivity index (χ2n) is 7.19. The Hall–Kier alpha value is -1.75. The van der Waals surface area contributed by atoms with Gasteiger partial charge in [0.25, 0.3) is 0 Å². The van der Waals surface area contributed by atoms with Gasteiger partial charge in [0.05, 0.1) is 13.2 Å². The number of ether oxygens (including phenoxy) is 1. The first kappa shape index (κ1) is 20.6. The van der Waals surface area contributed by atoms with Crippen molar-refractivity contribution in [1.82, 2.24) is 10.2 Å². The molecule has 5 nitrogen and oxygen atoms in total. The van der Waals surface area contributed by atoms with Gasteiger partial charge in [-0.3, -0.25) is 0 Å². The van der Waals surface area contributed by atoms with Crippen LogP contribution in [-0.4, -0.2) is 50.8 Å². The molecule has 1 heterocycles. The molecule has 1 aliphatic heterocycles. The lowest BCUT2D eigenvalue weighted by molar-refractivity contribution is 0.122. The number of carbonyl (C=O) groups excluding carboxylic acids is 1. The van der Waals surface area contributed by atoms with Crippen LogP contribution in [0.3, 0.4) is 0 Å². The van der Waals surface area contributed by atoms with Gasteiger partial charge in [-0.25, -0.2) is 4.79 Å². The van der Waals surface area contributed by atoms with Crippen LogP contribution in [0.2, 0.25) is 0 Å². The number of rotatable bonds is 9.